The second kappa shape index (κ2) is 7.32. The third-order valence-electron chi connectivity index (χ3n) is 3.09. The highest BCUT2D eigenvalue weighted by Gasteiger charge is 2.12. The van der Waals surface area contributed by atoms with Crippen LogP contribution in [0.15, 0.2) is 54.6 Å². The fourth-order valence-electron chi connectivity index (χ4n) is 2.01. The molecular weight excluding hydrogens is 248 g/mol. The number of hydrogen-bond acceptors (Lipinski definition) is 3. The number of nitriles is 1. The van der Waals surface area contributed by atoms with E-state index in [-0.39, 0.29) is 6.10 Å². The van der Waals surface area contributed by atoms with E-state index in [1.54, 1.807) is 12.1 Å². The fourth-order valence-corrected chi connectivity index (χ4v) is 2.01. The molecule has 0 heterocycles. The third-order valence-corrected chi connectivity index (χ3v) is 3.09. The summed E-state index contributed by atoms with van der Waals surface area (Å²) in [7, 11) is 1.93. The van der Waals surface area contributed by atoms with Crippen LogP contribution in [0.25, 0.3) is 0 Å². The molecule has 0 saturated carbocycles. The predicted molar refractivity (Wildman–Crippen MR) is 79.5 cm³/mol. The van der Waals surface area contributed by atoms with Gasteiger partial charge in [-0.3, -0.25) is 0 Å². The summed E-state index contributed by atoms with van der Waals surface area (Å²) in [5.41, 5.74) is 1.80. The Morgan fingerprint density at radius 2 is 1.80 bits per heavy atom. The summed E-state index contributed by atoms with van der Waals surface area (Å²) in [5.74, 6) is 0.786. The number of hydrogen-bond donors (Lipinski definition) is 1. The van der Waals surface area contributed by atoms with Gasteiger partial charge < -0.3 is 10.1 Å². The molecule has 0 bridgehead atoms. The van der Waals surface area contributed by atoms with Gasteiger partial charge in [-0.05, 0) is 43.4 Å². The molecule has 0 radical (unpaired) electrons. The molecule has 3 nitrogen and oxygen atoms in total. The van der Waals surface area contributed by atoms with Crippen LogP contribution in [0.5, 0.6) is 5.75 Å². The molecule has 1 N–H and O–H groups in total. The van der Waals surface area contributed by atoms with Gasteiger partial charge in [-0.25, -0.2) is 0 Å². The van der Waals surface area contributed by atoms with Crippen molar-refractivity contribution >= 4 is 0 Å². The van der Waals surface area contributed by atoms with Gasteiger partial charge in [0, 0.05) is 6.42 Å². The Morgan fingerprint density at radius 3 is 2.40 bits per heavy atom. The summed E-state index contributed by atoms with van der Waals surface area (Å²) in [6, 6.07) is 19.5. The first-order valence-electron chi connectivity index (χ1n) is 6.70. The van der Waals surface area contributed by atoms with Gasteiger partial charge >= 0.3 is 0 Å². The maximum absolute atomic E-state index is 8.81. The van der Waals surface area contributed by atoms with Crippen LogP contribution in [0.3, 0.4) is 0 Å². The van der Waals surface area contributed by atoms with Gasteiger partial charge in [0.2, 0.25) is 0 Å². The van der Waals surface area contributed by atoms with Gasteiger partial charge in [0.15, 0.2) is 0 Å². The Hall–Kier alpha value is -2.31. The molecule has 0 spiro atoms. The van der Waals surface area contributed by atoms with E-state index in [1.165, 1.54) is 0 Å². The smallest absolute Gasteiger partial charge is 0.125 e. The molecule has 0 fully saturated rings. The van der Waals surface area contributed by atoms with Crippen LogP contribution in [0, 0.1) is 11.3 Å². The summed E-state index contributed by atoms with van der Waals surface area (Å²) in [6.45, 7) is 0.885. The molecule has 0 aliphatic heterocycles. The highest BCUT2D eigenvalue weighted by molar-refractivity contribution is 5.35. The molecule has 0 aliphatic carbocycles. The fraction of sp³-hybridized carbons (Fsp3) is 0.235. The highest BCUT2D eigenvalue weighted by atomic mass is 16.5. The maximum atomic E-state index is 8.81. The molecule has 0 amide bonds. The second-order valence-corrected chi connectivity index (χ2v) is 4.55. The summed E-state index contributed by atoms with van der Waals surface area (Å²) in [5, 5.41) is 12.0. The Kier molecular flexibility index (Phi) is 5.16. The van der Waals surface area contributed by atoms with E-state index in [2.05, 4.69) is 23.5 Å². The molecule has 2 rings (SSSR count). The quantitative estimate of drug-likeness (QED) is 0.872. The van der Waals surface area contributed by atoms with E-state index in [1.807, 2.05) is 37.4 Å². The van der Waals surface area contributed by atoms with Crippen LogP contribution in [0.4, 0.5) is 0 Å². The molecule has 102 valence electrons. The van der Waals surface area contributed by atoms with Crippen molar-refractivity contribution in [3.8, 4) is 11.8 Å². The third kappa shape index (κ3) is 3.84. The van der Waals surface area contributed by atoms with Gasteiger partial charge in [-0.15, -0.1) is 0 Å². The average Bonchev–Trinajstić information content (AvgIpc) is 2.53. The first-order chi connectivity index (χ1) is 9.83. The van der Waals surface area contributed by atoms with Gasteiger partial charge in [0.05, 0.1) is 11.6 Å². The lowest BCUT2D eigenvalue weighted by Crippen LogP contribution is -2.16. The predicted octanol–water partition coefficient (Wildman–Crippen LogP) is 3.29. The standard InChI is InChI=1S/C17H18N2O/c1-19-12-11-17(15-5-3-2-4-6-15)20-16-9-7-14(13-18)8-10-16/h2-10,17,19H,11-12H2,1H3. The molecule has 0 saturated heterocycles. The van der Waals surface area contributed by atoms with Gasteiger partial charge in [-0.2, -0.15) is 5.26 Å². The topological polar surface area (TPSA) is 45.0 Å². The number of benzene rings is 2. The summed E-state index contributed by atoms with van der Waals surface area (Å²) < 4.78 is 6.05. The van der Waals surface area contributed by atoms with Crippen molar-refractivity contribution in [2.75, 3.05) is 13.6 Å². The van der Waals surface area contributed by atoms with Crippen LogP contribution in [0.1, 0.15) is 23.7 Å². The Labute approximate surface area is 119 Å². The number of nitrogens with one attached hydrogen (secondary N) is 1. The largest absolute Gasteiger partial charge is 0.486 e. The number of nitrogens with zero attached hydrogens (tertiary/aromatic N) is 1. The molecular formula is C17H18N2O. The van der Waals surface area contributed by atoms with E-state index in [9.17, 15) is 0 Å². The van der Waals surface area contributed by atoms with Gasteiger partial charge in [0.1, 0.15) is 11.9 Å². The van der Waals surface area contributed by atoms with Gasteiger partial charge in [0.25, 0.3) is 0 Å². The lowest BCUT2D eigenvalue weighted by Gasteiger charge is -2.19. The highest BCUT2D eigenvalue weighted by Crippen LogP contribution is 2.24. The van der Waals surface area contributed by atoms with Crippen molar-refractivity contribution in [2.45, 2.75) is 12.5 Å². The normalized spacial score (nSPS) is 11.6. The Balaban J connectivity index is 2.13. The summed E-state index contributed by atoms with van der Waals surface area (Å²) in [4.78, 5) is 0. The molecule has 20 heavy (non-hydrogen) atoms. The zero-order valence-corrected chi connectivity index (χ0v) is 11.5. The SMILES string of the molecule is CNCCC(Oc1ccc(C#N)cc1)c1ccccc1. The van der Waals surface area contributed by atoms with Crippen LogP contribution in [-0.2, 0) is 0 Å². The van der Waals surface area contributed by atoms with Crippen LogP contribution < -0.4 is 10.1 Å². The van der Waals surface area contributed by atoms with Crippen LogP contribution >= 0.6 is 0 Å². The monoisotopic (exact) mass is 266 g/mol. The summed E-state index contributed by atoms with van der Waals surface area (Å²) in [6.07, 6.45) is 0.900. The van der Waals surface area contributed by atoms with Crippen LogP contribution in [-0.4, -0.2) is 13.6 Å². The number of rotatable bonds is 6. The molecule has 1 unspecified atom stereocenters. The Bertz CT molecular complexity index is 558. The summed E-state index contributed by atoms with van der Waals surface area (Å²) >= 11 is 0. The van der Waals surface area contributed by atoms with Crippen molar-refractivity contribution in [2.24, 2.45) is 0 Å². The van der Waals surface area contributed by atoms with E-state index >= 15 is 0 Å². The van der Waals surface area contributed by atoms with Gasteiger partial charge in [-0.1, -0.05) is 30.3 Å². The van der Waals surface area contributed by atoms with E-state index in [4.69, 9.17) is 10.00 Å². The molecule has 1 atom stereocenters. The lowest BCUT2D eigenvalue weighted by atomic mass is 10.1. The minimum Gasteiger partial charge on any atom is -0.486 e. The van der Waals surface area contributed by atoms with Crippen LogP contribution in [0.2, 0.25) is 0 Å². The molecule has 2 aromatic carbocycles. The molecule has 0 aromatic heterocycles. The van der Waals surface area contributed by atoms with Crippen molar-refractivity contribution in [3.05, 3.63) is 65.7 Å². The first kappa shape index (κ1) is 14.1. The Morgan fingerprint density at radius 1 is 1.10 bits per heavy atom. The average molecular weight is 266 g/mol. The van der Waals surface area contributed by atoms with Crippen molar-refractivity contribution in [1.29, 1.82) is 5.26 Å². The zero-order chi connectivity index (χ0) is 14.2. The number of ether oxygens (including phenoxy) is 1. The lowest BCUT2D eigenvalue weighted by molar-refractivity contribution is 0.195. The van der Waals surface area contributed by atoms with Crippen molar-refractivity contribution in [3.63, 3.8) is 0 Å². The van der Waals surface area contributed by atoms with E-state index in [0.29, 0.717) is 5.56 Å². The minimum atomic E-state index is 0.0107. The van der Waals surface area contributed by atoms with E-state index in [0.717, 1.165) is 24.3 Å². The zero-order valence-electron chi connectivity index (χ0n) is 11.5. The maximum Gasteiger partial charge on any atom is 0.125 e. The van der Waals surface area contributed by atoms with Crippen molar-refractivity contribution < 1.29 is 4.74 Å². The second-order valence-electron chi connectivity index (χ2n) is 4.55. The van der Waals surface area contributed by atoms with E-state index < -0.39 is 0 Å². The van der Waals surface area contributed by atoms with Crippen molar-refractivity contribution in [1.82, 2.24) is 5.32 Å². The first-order valence-corrected chi connectivity index (χ1v) is 6.70. The minimum absolute atomic E-state index is 0.0107. The molecule has 2 aromatic rings. The molecule has 3 heteroatoms. The molecule has 0 aliphatic rings.